The average molecular weight is 305 g/mol. The lowest BCUT2D eigenvalue weighted by molar-refractivity contribution is 0.545. The van der Waals surface area contributed by atoms with Crippen molar-refractivity contribution in [3.8, 4) is 11.1 Å². The quantitative estimate of drug-likeness (QED) is 0.672. The van der Waals surface area contributed by atoms with Gasteiger partial charge in [0.05, 0.1) is 5.56 Å². The van der Waals surface area contributed by atoms with Crippen molar-refractivity contribution in [3.05, 3.63) is 58.1 Å². The van der Waals surface area contributed by atoms with Crippen LogP contribution in [0.2, 0.25) is 0 Å². The molecule has 0 bridgehead atoms. The van der Waals surface area contributed by atoms with Gasteiger partial charge in [0.1, 0.15) is 23.3 Å². The number of hydrogen-bond acceptors (Lipinski definition) is 0. The van der Waals surface area contributed by atoms with Gasteiger partial charge in [-0.1, -0.05) is 15.9 Å². The van der Waals surface area contributed by atoms with E-state index in [4.69, 9.17) is 0 Å². The summed E-state index contributed by atoms with van der Waals surface area (Å²) < 4.78 is 53.6. The van der Waals surface area contributed by atoms with Gasteiger partial charge in [-0.15, -0.1) is 0 Å². The first-order valence-electron chi connectivity index (χ1n) is 4.59. The van der Waals surface area contributed by atoms with Crippen molar-refractivity contribution in [1.82, 2.24) is 0 Å². The Morgan fingerprint density at radius 1 is 0.765 bits per heavy atom. The van der Waals surface area contributed by atoms with Gasteiger partial charge < -0.3 is 0 Å². The molecule has 88 valence electrons. The van der Waals surface area contributed by atoms with Gasteiger partial charge in [0.15, 0.2) is 0 Å². The molecule has 0 radical (unpaired) electrons. The standard InChI is InChI=1S/C12H5BrF4/c13-6-1-2-9(15)8(3-6)12-10(16)4-7(14)5-11(12)17/h1-5H. The van der Waals surface area contributed by atoms with E-state index in [1.54, 1.807) is 0 Å². The van der Waals surface area contributed by atoms with Gasteiger partial charge >= 0.3 is 0 Å². The van der Waals surface area contributed by atoms with E-state index in [0.717, 1.165) is 6.07 Å². The lowest BCUT2D eigenvalue weighted by Gasteiger charge is -2.07. The number of halogens is 5. The van der Waals surface area contributed by atoms with E-state index >= 15 is 0 Å². The van der Waals surface area contributed by atoms with Crippen molar-refractivity contribution in [1.29, 1.82) is 0 Å². The first-order chi connectivity index (χ1) is 7.99. The molecule has 0 aliphatic rings. The Bertz CT molecular complexity index is 558. The molecule has 0 nitrogen and oxygen atoms in total. The highest BCUT2D eigenvalue weighted by Crippen LogP contribution is 2.31. The van der Waals surface area contributed by atoms with Crippen molar-refractivity contribution < 1.29 is 17.6 Å². The Labute approximate surface area is 103 Å². The van der Waals surface area contributed by atoms with Gasteiger partial charge in [0, 0.05) is 22.2 Å². The van der Waals surface area contributed by atoms with Crippen LogP contribution in [0.1, 0.15) is 0 Å². The molecule has 2 aromatic carbocycles. The maximum atomic E-state index is 13.5. The maximum Gasteiger partial charge on any atom is 0.136 e. The fourth-order valence-corrected chi connectivity index (χ4v) is 1.85. The Kier molecular flexibility index (Phi) is 3.19. The molecule has 0 spiro atoms. The fraction of sp³-hybridized carbons (Fsp3) is 0. The molecule has 0 unspecified atom stereocenters. The molecule has 2 rings (SSSR count). The number of benzene rings is 2. The molecular formula is C12H5BrF4. The van der Waals surface area contributed by atoms with Crippen LogP contribution in [0.4, 0.5) is 17.6 Å². The van der Waals surface area contributed by atoms with Gasteiger partial charge in [-0.2, -0.15) is 0 Å². The molecule has 0 saturated carbocycles. The maximum absolute atomic E-state index is 13.5. The fourth-order valence-electron chi connectivity index (χ4n) is 1.49. The Morgan fingerprint density at radius 2 is 1.35 bits per heavy atom. The second kappa shape index (κ2) is 4.49. The Hall–Kier alpha value is -1.36. The van der Waals surface area contributed by atoms with Gasteiger partial charge in [-0.3, -0.25) is 0 Å². The first kappa shape index (κ1) is 12.1. The summed E-state index contributed by atoms with van der Waals surface area (Å²) in [5, 5.41) is 0. The van der Waals surface area contributed by atoms with Crippen molar-refractivity contribution >= 4 is 15.9 Å². The summed E-state index contributed by atoms with van der Waals surface area (Å²) in [5.41, 5.74) is -0.834. The minimum absolute atomic E-state index is 0.255. The van der Waals surface area contributed by atoms with Gasteiger partial charge in [0.2, 0.25) is 0 Å². The molecule has 0 aliphatic heterocycles. The van der Waals surface area contributed by atoms with E-state index in [2.05, 4.69) is 15.9 Å². The zero-order valence-electron chi connectivity index (χ0n) is 8.28. The monoisotopic (exact) mass is 304 g/mol. The van der Waals surface area contributed by atoms with Gasteiger partial charge in [-0.25, -0.2) is 17.6 Å². The van der Waals surface area contributed by atoms with Crippen LogP contribution in [0.25, 0.3) is 11.1 Å². The second-order valence-electron chi connectivity index (χ2n) is 3.37. The van der Waals surface area contributed by atoms with E-state index in [0.29, 0.717) is 16.6 Å². The van der Waals surface area contributed by atoms with Crippen molar-refractivity contribution in [2.24, 2.45) is 0 Å². The van der Waals surface area contributed by atoms with Crippen LogP contribution in [0.3, 0.4) is 0 Å². The highest BCUT2D eigenvalue weighted by Gasteiger charge is 2.17. The van der Waals surface area contributed by atoms with Crippen LogP contribution in [0, 0.1) is 23.3 Å². The van der Waals surface area contributed by atoms with Crippen LogP contribution < -0.4 is 0 Å². The number of hydrogen-bond donors (Lipinski definition) is 0. The summed E-state index contributed by atoms with van der Waals surface area (Å²) in [7, 11) is 0. The third kappa shape index (κ3) is 2.34. The molecule has 2 aromatic rings. The molecule has 0 saturated heterocycles. The lowest BCUT2D eigenvalue weighted by atomic mass is 10.0. The van der Waals surface area contributed by atoms with E-state index in [1.165, 1.54) is 12.1 Å². The smallest absolute Gasteiger partial charge is 0.136 e. The lowest BCUT2D eigenvalue weighted by Crippen LogP contribution is -1.95. The SMILES string of the molecule is Fc1cc(F)c(-c2cc(Br)ccc2F)c(F)c1. The highest BCUT2D eigenvalue weighted by atomic mass is 79.9. The van der Waals surface area contributed by atoms with Crippen LogP contribution in [-0.4, -0.2) is 0 Å². The summed E-state index contributed by atoms with van der Waals surface area (Å²) in [4.78, 5) is 0. The van der Waals surface area contributed by atoms with Crippen LogP contribution >= 0.6 is 15.9 Å². The zero-order valence-corrected chi connectivity index (χ0v) is 9.86. The Morgan fingerprint density at radius 3 is 1.94 bits per heavy atom. The first-order valence-corrected chi connectivity index (χ1v) is 5.38. The normalized spacial score (nSPS) is 10.6. The van der Waals surface area contributed by atoms with E-state index < -0.39 is 28.8 Å². The van der Waals surface area contributed by atoms with Gasteiger partial charge in [0.25, 0.3) is 0 Å². The van der Waals surface area contributed by atoms with E-state index in [-0.39, 0.29) is 5.56 Å². The molecular weight excluding hydrogens is 300 g/mol. The summed E-state index contributed by atoms with van der Waals surface area (Å²) >= 11 is 3.07. The van der Waals surface area contributed by atoms with Gasteiger partial charge in [-0.05, 0) is 18.2 Å². The molecule has 5 heteroatoms. The van der Waals surface area contributed by atoms with E-state index in [9.17, 15) is 17.6 Å². The summed E-state index contributed by atoms with van der Waals surface area (Å²) in [6.07, 6.45) is 0. The molecule has 0 heterocycles. The molecule has 0 aromatic heterocycles. The molecule has 0 atom stereocenters. The van der Waals surface area contributed by atoms with Crippen molar-refractivity contribution in [3.63, 3.8) is 0 Å². The zero-order chi connectivity index (χ0) is 12.6. The molecule has 0 aliphatic carbocycles. The highest BCUT2D eigenvalue weighted by molar-refractivity contribution is 9.10. The largest absolute Gasteiger partial charge is 0.207 e. The minimum Gasteiger partial charge on any atom is -0.207 e. The predicted molar refractivity (Wildman–Crippen MR) is 59.4 cm³/mol. The van der Waals surface area contributed by atoms with Crippen LogP contribution in [0.15, 0.2) is 34.8 Å². The summed E-state index contributed by atoms with van der Waals surface area (Å²) in [6.45, 7) is 0. The molecule has 0 N–H and O–H groups in total. The summed E-state index contributed by atoms with van der Waals surface area (Å²) in [6, 6.07) is 4.73. The van der Waals surface area contributed by atoms with Crippen molar-refractivity contribution in [2.45, 2.75) is 0 Å². The molecule has 17 heavy (non-hydrogen) atoms. The third-order valence-electron chi connectivity index (χ3n) is 2.20. The third-order valence-corrected chi connectivity index (χ3v) is 2.70. The summed E-state index contributed by atoms with van der Waals surface area (Å²) in [5.74, 6) is -4.10. The average Bonchev–Trinajstić information content (AvgIpc) is 2.21. The number of rotatable bonds is 1. The van der Waals surface area contributed by atoms with Crippen LogP contribution in [0.5, 0.6) is 0 Å². The van der Waals surface area contributed by atoms with E-state index in [1.807, 2.05) is 0 Å². The minimum atomic E-state index is -1.14. The second-order valence-corrected chi connectivity index (χ2v) is 4.28. The molecule has 0 amide bonds. The Balaban J connectivity index is 2.72. The van der Waals surface area contributed by atoms with Crippen molar-refractivity contribution in [2.75, 3.05) is 0 Å². The molecule has 0 fully saturated rings. The van der Waals surface area contributed by atoms with Crippen LogP contribution in [-0.2, 0) is 0 Å². The topological polar surface area (TPSA) is 0 Å². The predicted octanol–water partition coefficient (Wildman–Crippen LogP) is 4.67.